The van der Waals surface area contributed by atoms with Crippen molar-refractivity contribution in [2.24, 2.45) is 5.29 Å². The number of nitrogens with zero attached hydrogens (tertiary/aromatic N) is 2. The standard InChI is InChI=1S/C9H18N2O4/c1-3-4-5-11(10-14)7-8(12)6-9(13)15-2/h8,12H,3-7H2,1-2H3. The fourth-order valence-electron chi connectivity index (χ4n) is 1.09. The maximum atomic E-state index is 10.8. The minimum Gasteiger partial charge on any atom is -0.469 e. The zero-order valence-corrected chi connectivity index (χ0v) is 9.18. The Balaban J connectivity index is 3.84. The van der Waals surface area contributed by atoms with Crippen LogP contribution in [0.25, 0.3) is 0 Å². The summed E-state index contributed by atoms with van der Waals surface area (Å²) in [5.74, 6) is -0.496. The van der Waals surface area contributed by atoms with E-state index in [0.717, 1.165) is 12.8 Å². The van der Waals surface area contributed by atoms with Gasteiger partial charge in [-0.3, -0.25) is 9.80 Å². The molecule has 0 saturated carbocycles. The van der Waals surface area contributed by atoms with Crippen molar-refractivity contribution >= 4 is 5.97 Å². The summed E-state index contributed by atoms with van der Waals surface area (Å²) in [6.07, 6.45) is 0.747. The molecular formula is C9H18N2O4. The van der Waals surface area contributed by atoms with Gasteiger partial charge in [-0.15, -0.1) is 4.91 Å². The van der Waals surface area contributed by atoms with Gasteiger partial charge in [-0.1, -0.05) is 13.3 Å². The molecule has 0 fully saturated rings. The molecule has 0 bridgehead atoms. The van der Waals surface area contributed by atoms with Gasteiger partial charge in [0.25, 0.3) is 0 Å². The zero-order valence-electron chi connectivity index (χ0n) is 9.18. The summed E-state index contributed by atoms with van der Waals surface area (Å²) in [5.41, 5.74) is 0. The number of methoxy groups -OCH3 is 1. The highest BCUT2D eigenvalue weighted by molar-refractivity contribution is 5.69. The molecule has 88 valence electrons. The van der Waals surface area contributed by atoms with Gasteiger partial charge in [0.15, 0.2) is 0 Å². The molecule has 0 saturated heterocycles. The first-order valence-corrected chi connectivity index (χ1v) is 4.97. The third kappa shape index (κ3) is 6.84. The van der Waals surface area contributed by atoms with Crippen LogP contribution in [0.15, 0.2) is 5.29 Å². The molecule has 0 aromatic carbocycles. The Morgan fingerprint density at radius 2 is 2.27 bits per heavy atom. The predicted molar refractivity (Wildman–Crippen MR) is 54.9 cm³/mol. The Labute approximate surface area is 89.2 Å². The van der Waals surface area contributed by atoms with Crippen LogP contribution in [0.3, 0.4) is 0 Å². The SMILES string of the molecule is CCCCN(CC(O)CC(=O)OC)N=O. The van der Waals surface area contributed by atoms with Crippen molar-refractivity contribution in [3.63, 3.8) is 0 Å². The van der Waals surface area contributed by atoms with E-state index in [1.807, 2.05) is 6.92 Å². The summed E-state index contributed by atoms with van der Waals surface area (Å²) < 4.78 is 4.39. The molecule has 0 amide bonds. The molecular weight excluding hydrogens is 200 g/mol. The summed E-state index contributed by atoms with van der Waals surface area (Å²) in [7, 11) is 1.25. The van der Waals surface area contributed by atoms with Crippen molar-refractivity contribution < 1.29 is 14.6 Å². The van der Waals surface area contributed by atoms with Crippen LogP contribution in [0.4, 0.5) is 0 Å². The van der Waals surface area contributed by atoms with Gasteiger partial charge in [-0.2, -0.15) is 0 Å². The molecule has 0 aromatic rings. The lowest BCUT2D eigenvalue weighted by molar-refractivity contribution is -0.143. The Morgan fingerprint density at radius 3 is 2.73 bits per heavy atom. The molecule has 0 spiro atoms. The normalized spacial score (nSPS) is 11.9. The highest BCUT2D eigenvalue weighted by Gasteiger charge is 2.14. The summed E-state index contributed by atoms with van der Waals surface area (Å²) in [5, 5.41) is 13.4. The molecule has 1 N–H and O–H groups in total. The number of carbonyl (C=O) groups is 1. The molecule has 15 heavy (non-hydrogen) atoms. The highest BCUT2D eigenvalue weighted by Crippen LogP contribution is 2.01. The van der Waals surface area contributed by atoms with Gasteiger partial charge in [0.05, 0.1) is 31.5 Å². The van der Waals surface area contributed by atoms with Crippen molar-refractivity contribution in [1.29, 1.82) is 0 Å². The lowest BCUT2D eigenvalue weighted by atomic mass is 10.2. The molecule has 0 aliphatic rings. The van der Waals surface area contributed by atoms with Crippen LogP contribution in [-0.4, -0.2) is 42.4 Å². The molecule has 0 radical (unpaired) electrons. The Kier molecular flexibility index (Phi) is 7.53. The van der Waals surface area contributed by atoms with Crippen LogP contribution < -0.4 is 0 Å². The van der Waals surface area contributed by atoms with E-state index in [1.165, 1.54) is 12.1 Å². The van der Waals surface area contributed by atoms with Gasteiger partial charge < -0.3 is 9.84 Å². The van der Waals surface area contributed by atoms with Crippen LogP contribution in [0.1, 0.15) is 26.2 Å². The van der Waals surface area contributed by atoms with Crippen LogP contribution in [-0.2, 0) is 9.53 Å². The number of nitroso groups, excluding NO2 is 1. The second-order valence-corrected chi connectivity index (χ2v) is 3.28. The largest absolute Gasteiger partial charge is 0.469 e. The van der Waals surface area contributed by atoms with E-state index < -0.39 is 12.1 Å². The number of esters is 1. The molecule has 0 aliphatic carbocycles. The fraction of sp³-hybridized carbons (Fsp3) is 0.889. The molecule has 1 unspecified atom stereocenters. The van der Waals surface area contributed by atoms with Crippen LogP contribution in [0.2, 0.25) is 0 Å². The maximum absolute atomic E-state index is 10.8. The molecule has 0 rings (SSSR count). The van der Waals surface area contributed by atoms with Gasteiger partial charge >= 0.3 is 5.97 Å². The Morgan fingerprint density at radius 1 is 1.60 bits per heavy atom. The number of ether oxygens (including phenoxy) is 1. The minimum absolute atomic E-state index is 0.0681. The third-order valence-corrected chi connectivity index (χ3v) is 1.94. The van der Waals surface area contributed by atoms with Gasteiger partial charge in [0.2, 0.25) is 0 Å². The Bertz CT molecular complexity index is 199. The zero-order chi connectivity index (χ0) is 11.7. The van der Waals surface area contributed by atoms with Gasteiger partial charge in [-0.25, -0.2) is 0 Å². The first-order valence-electron chi connectivity index (χ1n) is 4.97. The van der Waals surface area contributed by atoms with E-state index in [4.69, 9.17) is 0 Å². The van der Waals surface area contributed by atoms with Crippen molar-refractivity contribution in [1.82, 2.24) is 5.01 Å². The second-order valence-electron chi connectivity index (χ2n) is 3.28. The topological polar surface area (TPSA) is 79.2 Å². The summed E-state index contributed by atoms with van der Waals surface area (Å²) in [6.45, 7) is 2.56. The molecule has 0 aromatic heterocycles. The monoisotopic (exact) mass is 218 g/mol. The minimum atomic E-state index is -0.910. The predicted octanol–water partition coefficient (Wildman–Crippen LogP) is 0.694. The van der Waals surface area contributed by atoms with E-state index >= 15 is 0 Å². The number of unbranched alkanes of at least 4 members (excludes halogenated alkanes) is 1. The van der Waals surface area contributed by atoms with Gasteiger partial charge in [0.1, 0.15) is 0 Å². The van der Waals surface area contributed by atoms with Crippen LogP contribution >= 0.6 is 0 Å². The van der Waals surface area contributed by atoms with Crippen molar-refractivity contribution in [2.75, 3.05) is 20.2 Å². The average molecular weight is 218 g/mol. The van der Waals surface area contributed by atoms with E-state index in [0.29, 0.717) is 6.54 Å². The number of rotatable bonds is 8. The first-order chi connectivity index (χ1) is 7.13. The van der Waals surface area contributed by atoms with Crippen LogP contribution in [0, 0.1) is 4.91 Å². The number of aliphatic hydroxyl groups excluding tert-OH is 1. The van der Waals surface area contributed by atoms with E-state index in [9.17, 15) is 14.8 Å². The maximum Gasteiger partial charge on any atom is 0.308 e. The van der Waals surface area contributed by atoms with Crippen molar-refractivity contribution in [2.45, 2.75) is 32.3 Å². The average Bonchev–Trinajstić information content (AvgIpc) is 2.23. The number of hydrogen-bond donors (Lipinski definition) is 1. The lowest BCUT2D eigenvalue weighted by Crippen LogP contribution is -2.30. The third-order valence-electron chi connectivity index (χ3n) is 1.94. The molecule has 6 heteroatoms. The van der Waals surface area contributed by atoms with Crippen molar-refractivity contribution in [3.05, 3.63) is 4.91 Å². The molecule has 0 aliphatic heterocycles. The van der Waals surface area contributed by atoms with Crippen LogP contribution in [0.5, 0.6) is 0 Å². The summed E-state index contributed by atoms with van der Waals surface area (Å²) >= 11 is 0. The van der Waals surface area contributed by atoms with E-state index in [1.54, 1.807) is 0 Å². The smallest absolute Gasteiger partial charge is 0.308 e. The number of carbonyl (C=O) groups excluding carboxylic acids is 1. The number of aliphatic hydroxyl groups is 1. The Hall–Kier alpha value is -1.17. The first kappa shape index (κ1) is 13.8. The summed E-state index contributed by atoms with van der Waals surface area (Å²) in [6, 6.07) is 0. The molecule has 0 heterocycles. The second kappa shape index (κ2) is 8.16. The molecule has 1 atom stereocenters. The lowest BCUT2D eigenvalue weighted by Gasteiger charge is -2.17. The fourth-order valence-corrected chi connectivity index (χ4v) is 1.09. The number of hydrogen-bond acceptors (Lipinski definition) is 5. The van der Waals surface area contributed by atoms with Gasteiger partial charge in [-0.05, 0) is 6.42 Å². The van der Waals surface area contributed by atoms with Crippen molar-refractivity contribution in [3.8, 4) is 0 Å². The highest BCUT2D eigenvalue weighted by atomic mass is 16.5. The van der Waals surface area contributed by atoms with E-state index in [2.05, 4.69) is 10.0 Å². The van der Waals surface area contributed by atoms with E-state index in [-0.39, 0.29) is 13.0 Å². The molecule has 6 nitrogen and oxygen atoms in total. The van der Waals surface area contributed by atoms with Gasteiger partial charge in [0, 0.05) is 6.54 Å². The quantitative estimate of drug-likeness (QED) is 0.368. The summed E-state index contributed by atoms with van der Waals surface area (Å²) in [4.78, 5) is 21.1.